The topological polar surface area (TPSA) is 47.6 Å². The molecular weight excluding hydrogens is 116 g/mol. The smallest absolute Gasteiger partial charge is 0.139 e. The summed E-state index contributed by atoms with van der Waals surface area (Å²) in [4.78, 5) is 4.80. The van der Waals surface area contributed by atoms with Crippen molar-refractivity contribution in [2.24, 2.45) is 10.9 Å². The highest BCUT2D eigenvalue weighted by Gasteiger charge is 1.84. The molecule has 0 aliphatic rings. The van der Waals surface area contributed by atoms with E-state index in [1.807, 2.05) is 13.8 Å². The largest absolute Gasteiger partial charge is 0.394 e. The van der Waals surface area contributed by atoms with E-state index in [0.717, 1.165) is 12.8 Å². The van der Waals surface area contributed by atoms with Crippen LogP contribution < -0.4 is 5.73 Å². The molecule has 0 aromatic heterocycles. The zero-order chi connectivity index (χ0) is 7.11. The van der Waals surface area contributed by atoms with Crippen LogP contribution in [0.15, 0.2) is 5.16 Å². The third kappa shape index (κ3) is 5.14. The maximum atomic E-state index is 5.34. The molecule has 0 aliphatic heterocycles. The van der Waals surface area contributed by atoms with Crippen molar-refractivity contribution in [3.8, 4) is 0 Å². The lowest BCUT2D eigenvalue weighted by molar-refractivity contribution is 0.144. The van der Waals surface area contributed by atoms with Gasteiger partial charge in [0, 0.05) is 6.42 Å². The standard InChI is InChI=1S/C6H14N2O/c1-3-5-9-8-6(7)4-2/h3-5H2,1-2H3,(H2,7,8). The minimum absolute atomic E-state index is 0.559. The molecule has 0 amide bonds. The Morgan fingerprint density at radius 3 is 2.67 bits per heavy atom. The Bertz CT molecular complexity index is 91.1. The summed E-state index contributed by atoms with van der Waals surface area (Å²) in [5, 5.41) is 3.63. The van der Waals surface area contributed by atoms with Gasteiger partial charge in [0.05, 0.1) is 0 Å². The monoisotopic (exact) mass is 130 g/mol. The first-order valence-electron chi connectivity index (χ1n) is 3.25. The minimum atomic E-state index is 0.559. The van der Waals surface area contributed by atoms with Crippen molar-refractivity contribution in [2.45, 2.75) is 26.7 Å². The van der Waals surface area contributed by atoms with E-state index in [9.17, 15) is 0 Å². The van der Waals surface area contributed by atoms with Crippen molar-refractivity contribution < 1.29 is 4.84 Å². The van der Waals surface area contributed by atoms with Gasteiger partial charge in [0.1, 0.15) is 12.4 Å². The van der Waals surface area contributed by atoms with E-state index in [-0.39, 0.29) is 0 Å². The molecule has 0 unspecified atom stereocenters. The summed E-state index contributed by atoms with van der Waals surface area (Å²) in [6.45, 7) is 4.62. The molecule has 0 aromatic carbocycles. The van der Waals surface area contributed by atoms with Gasteiger partial charge < -0.3 is 10.6 Å². The predicted molar refractivity (Wildman–Crippen MR) is 38.2 cm³/mol. The van der Waals surface area contributed by atoms with E-state index in [1.54, 1.807) is 0 Å². The van der Waals surface area contributed by atoms with Crippen LogP contribution in [-0.4, -0.2) is 12.4 Å². The number of nitrogens with two attached hydrogens (primary N) is 1. The van der Waals surface area contributed by atoms with Gasteiger partial charge in [-0.2, -0.15) is 0 Å². The van der Waals surface area contributed by atoms with E-state index in [2.05, 4.69) is 5.16 Å². The first-order valence-corrected chi connectivity index (χ1v) is 3.25. The average molecular weight is 130 g/mol. The molecule has 0 rings (SSSR count). The van der Waals surface area contributed by atoms with Crippen molar-refractivity contribution in [3.05, 3.63) is 0 Å². The fraction of sp³-hybridized carbons (Fsp3) is 0.833. The molecule has 0 heterocycles. The molecule has 3 heteroatoms. The van der Waals surface area contributed by atoms with E-state index in [1.165, 1.54) is 0 Å². The second-order valence-corrected chi connectivity index (χ2v) is 1.77. The lowest BCUT2D eigenvalue weighted by atomic mass is 10.5. The molecule has 0 aliphatic carbocycles. The van der Waals surface area contributed by atoms with Gasteiger partial charge in [0.15, 0.2) is 0 Å². The van der Waals surface area contributed by atoms with Crippen LogP contribution in [0.25, 0.3) is 0 Å². The summed E-state index contributed by atoms with van der Waals surface area (Å²) in [6.07, 6.45) is 1.73. The summed E-state index contributed by atoms with van der Waals surface area (Å²) in [7, 11) is 0. The van der Waals surface area contributed by atoms with Crippen molar-refractivity contribution in [2.75, 3.05) is 6.61 Å². The second-order valence-electron chi connectivity index (χ2n) is 1.77. The van der Waals surface area contributed by atoms with Gasteiger partial charge in [0.2, 0.25) is 0 Å². The first-order chi connectivity index (χ1) is 4.31. The molecule has 0 fully saturated rings. The van der Waals surface area contributed by atoms with Crippen molar-refractivity contribution in [1.29, 1.82) is 0 Å². The number of hydrogen-bond acceptors (Lipinski definition) is 2. The number of amidine groups is 1. The summed E-state index contributed by atoms with van der Waals surface area (Å²) >= 11 is 0. The van der Waals surface area contributed by atoms with Gasteiger partial charge >= 0.3 is 0 Å². The quantitative estimate of drug-likeness (QED) is 0.268. The van der Waals surface area contributed by atoms with Gasteiger partial charge in [-0.15, -0.1) is 0 Å². The molecule has 0 saturated carbocycles. The van der Waals surface area contributed by atoms with Gasteiger partial charge in [-0.25, -0.2) is 0 Å². The number of nitrogens with zero attached hydrogens (tertiary/aromatic N) is 1. The van der Waals surface area contributed by atoms with E-state index >= 15 is 0 Å². The summed E-state index contributed by atoms with van der Waals surface area (Å²) < 4.78 is 0. The highest BCUT2D eigenvalue weighted by Crippen LogP contribution is 1.82. The van der Waals surface area contributed by atoms with Crippen LogP contribution >= 0.6 is 0 Å². The van der Waals surface area contributed by atoms with Gasteiger partial charge in [0.25, 0.3) is 0 Å². The molecule has 0 saturated heterocycles. The molecule has 0 spiro atoms. The van der Waals surface area contributed by atoms with Crippen LogP contribution in [0.3, 0.4) is 0 Å². The second kappa shape index (κ2) is 5.41. The molecule has 0 aromatic rings. The van der Waals surface area contributed by atoms with Crippen LogP contribution in [0.1, 0.15) is 26.7 Å². The Hall–Kier alpha value is -0.730. The van der Waals surface area contributed by atoms with Crippen LogP contribution in [0.4, 0.5) is 0 Å². The van der Waals surface area contributed by atoms with Crippen molar-refractivity contribution in [1.82, 2.24) is 0 Å². The molecule has 0 atom stereocenters. The molecule has 0 bridgehead atoms. The Labute approximate surface area is 55.9 Å². The van der Waals surface area contributed by atoms with Crippen molar-refractivity contribution >= 4 is 5.84 Å². The van der Waals surface area contributed by atoms with E-state index in [0.29, 0.717) is 12.4 Å². The fourth-order valence-corrected chi connectivity index (χ4v) is 0.284. The normalized spacial score (nSPS) is 11.6. The lowest BCUT2D eigenvalue weighted by Gasteiger charge is -1.95. The molecular formula is C6H14N2O. The molecule has 2 N–H and O–H groups in total. The summed E-state index contributed by atoms with van der Waals surface area (Å²) in [5.74, 6) is 0.559. The Balaban J connectivity index is 3.21. The number of rotatable bonds is 4. The van der Waals surface area contributed by atoms with Gasteiger partial charge in [-0.05, 0) is 6.42 Å². The van der Waals surface area contributed by atoms with E-state index < -0.39 is 0 Å². The molecule has 54 valence electrons. The lowest BCUT2D eigenvalue weighted by Crippen LogP contribution is -2.10. The van der Waals surface area contributed by atoms with Crippen LogP contribution in [0.5, 0.6) is 0 Å². The first kappa shape index (κ1) is 8.27. The Morgan fingerprint density at radius 1 is 1.56 bits per heavy atom. The average Bonchev–Trinajstić information content (AvgIpc) is 1.89. The highest BCUT2D eigenvalue weighted by atomic mass is 16.6. The Morgan fingerprint density at radius 2 is 2.22 bits per heavy atom. The zero-order valence-electron chi connectivity index (χ0n) is 6.05. The number of hydrogen-bond donors (Lipinski definition) is 1. The maximum absolute atomic E-state index is 5.34. The fourth-order valence-electron chi connectivity index (χ4n) is 0.284. The highest BCUT2D eigenvalue weighted by molar-refractivity contribution is 5.79. The predicted octanol–water partition coefficient (Wildman–Crippen LogP) is 1.10. The molecule has 0 radical (unpaired) electrons. The SMILES string of the molecule is CCCO/N=C(\N)CC. The number of oxime groups is 1. The van der Waals surface area contributed by atoms with E-state index in [4.69, 9.17) is 10.6 Å². The van der Waals surface area contributed by atoms with Crippen molar-refractivity contribution in [3.63, 3.8) is 0 Å². The third-order valence-corrected chi connectivity index (χ3v) is 0.839. The zero-order valence-corrected chi connectivity index (χ0v) is 6.05. The van der Waals surface area contributed by atoms with Gasteiger partial charge in [-0.3, -0.25) is 0 Å². The summed E-state index contributed by atoms with van der Waals surface area (Å²) in [6, 6.07) is 0. The molecule has 9 heavy (non-hydrogen) atoms. The van der Waals surface area contributed by atoms with Crippen LogP contribution in [0.2, 0.25) is 0 Å². The summed E-state index contributed by atoms with van der Waals surface area (Å²) in [5.41, 5.74) is 5.34. The minimum Gasteiger partial charge on any atom is -0.394 e. The van der Waals surface area contributed by atoms with Crippen LogP contribution in [-0.2, 0) is 4.84 Å². The third-order valence-electron chi connectivity index (χ3n) is 0.839. The van der Waals surface area contributed by atoms with Crippen LogP contribution in [0, 0.1) is 0 Å². The maximum Gasteiger partial charge on any atom is 0.139 e. The van der Waals surface area contributed by atoms with Gasteiger partial charge in [-0.1, -0.05) is 19.0 Å². The molecule has 3 nitrogen and oxygen atoms in total. The Kier molecular flexibility index (Phi) is 4.97.